The third kappa shape index (κ3) is 2.36. The van der Waals surface area contributed by atoms with Crippen molar-refractivity contribution in [2.75, 3.05) is 19.7 Å². The highest BCUT2D eigenvalue weighted by Gasteiger charge is 2.33. The molecule has 1 aromatic heterocycles. The van der Waals surface area contributed by atoms with Gasteiger partial charge in [0.05, 0.1) is 6.33 Å². The topological polar surface area (TPSA) is 75.4 Å². The minimum atomic E-state index is -3.48. The third-order valence-electron chi connectivity index (χ3n) is 3.09. The highest BCUT2D eigenvalue weighted by molar-refractivity contribution is 7.89. The molecule has 0 spiro atoms. The van der Waals surface area contributed by atoms with Crippen LogP contribution in [0.25, 0.3) is 0 Å². The summed E-state index contributed by atoms with van der Waals surface area (Å²) in [6.07, 6.45) is 3.78. The number of rotatable bonds is 4. The number of hydrogen-bond acceptors (Lipinski definition) is 4. The van der Waals surface area contributed by atoms with Gasteiger partial charge in [-0.05, 0) is 19.3 Å². The third-order valence-corrected chi connectivity index (χ3v) is 4.84. The fourth-order valence-corrected chi connectivity index (χ4v) is 3.41. The number of sulfonamides is 1. The Morgan fingerprint density at radius 2 is 2.35 bits per heavy atom. The molecule has 6 nitrogen and oxygen atoms in total. The second kappa shape index (κ2) is 4.75. The van der Waals surface area contributed by atoms with Crippen LogP contribution in [0.4, 0.5) is 0 Å². The predicted molar refractivity (Wildman–Crippen MR) is 61.9 cm³/mol. The molecule has 1 atom stereocenters. The molecule has 0 saturated carbocycles. The van der Waals surface area contributed by atoms with Gasteiger partial charge in [0.2, 0.25) is 0 Å². The summed E-state index contributed by atoms with van der Waals surface area (Å²) in [5.74, 6) is 0.0537. The van der Waals surface area contributed by atoms with E-state index in [2.05, 4.69) is 4.98 Å². The average Bonchev–Trinajstić information content (AvgIpc) is 2.98. The quantitative estimate of drug-likeness (QED) is 0.819. The molecule has 96 valence electrons. The molecule has 0 aromatic carbocycles. The normalized spacial score (nSPS) is 22.1. The van der Waals surface area contributed by atoms with Crippen LogP contribution in [-0.4, -0.2) is 47.1 Å². The van der Waals surface area contributed by atoms with Gasteiger partial charge in [-0.25, -0.2) is 13.4 Å². The number of aliphatic hydroxyl groups excluding tert-OH is 1. The highest BCUT2D eigenvalue weighted by Crippen LogP contribution is 2.22. The molecular formula is C10H17N3O3S. The van der Waals surface area contributed by atoms with Crippen LogP contribution >= 0.6 is 0 Å². The van der Waals surface area contributed by atoms with Gasteiger partial charge in [-0.15, -0.1) is 0 Å². The van der Waals surface area contributed by atoms with Gasteiger partial charge >= 0.3 is 0 Å². The van der Waals surface area contributed by atoms with Crippen LogP contribution < -0.4 is 0 Å². The van der Waals surface area contributed by atoms with Crippen LogP contribution in [0.2, 0.25) is 0 Å². The first-order valence-corrected chi connectivity index (χ1v) is 7.14. The van der Waals surface area contributed by atoms with Crippen LogP contribution in [-0.2, 0) is 16.6 Å². The molecule has 0 bridgehead atoms. The van der Waals surface area contributed by atoms with Crippen LogP contribution in [0.15, 0.2) is 17.6 Å². The first kappa shape index (κ1) is 12.5. The van der Waals surface area contributed by atoms with Crippen LogP contribution in [0, 0.1) is 5.92 Å². The maximum atomic E-state index is 12.2. The Morgan fingerprint density at radius 3 is 2.88 bits per heavy atom. The summed E-state index contributed by atoms with van der Waals surface area (Å²) in [5, 5.41) is 9.12. The molecule has 1 aliphatic heterocycles. The summed E-state index contributed by atoms with van der Waals surface area (Å²) in [6, 6.07) is 0. The van der Waals surface area contributed by atoms with E-state index in [4.69, 9.17) is 5.11 Å². The lowest BCUT2D eigenvalue weighted by Crippen LogP contribution is -2.29. The van der Waals surface area contributed by atoms with Crippen molar-refractivity contribution in [2.45, 2.75) is 24.9 Å². The molecule has 1 aliphatic rings. The maximum Gasteiger partial charge on any atom is 0.262 e. The van der Waals surface area contributed by atoms with Crippen LogP contribution in [0.5, 0.6) is 0 Å². The van der Waals surface area contributed by atoms with E-state index in [1.165, 1.54) is 10.6 Å². The van der Waals surface area contributed by atoms with Crippen LogP contribution in [0.3, 0.4) is 0 Å². The molecule has 1 unspecified atom stereocenters. The van der Waals surface area contributed by atoms with E-state index in [9.17, 15) is 8.42 Å². The zero-order valence-corrected chi connectivity index (χ0v) is 10.6. The monoisotopic (exact) mass is 259 g/mol. The van der Waals surface area contributed by atoms with E-state index < -0.39 is 10.0 Å². The fraction of sp³-hybridized carbons (Fsp3) is 0.700. The van der Waals surface area contributed by atoms with Crippen molar-refractivity contribution in [2.24, 2.45) is 5.92 Å². The first-order valence-electron chi connectivity index (χ1n) is 5.70. The fourth-order valence-electron chi connectivity index (χ4n) is 1.94. The summed E-state index contributed by atoms with van der Waals surface area (Å²) in [4.78, 5) is 3.92. The van der Waals surface area contributed by atoms with E-state index in [0.29, 0.717) is 26.1 Å². The molecule has 0 aliphatic carbocycles. The molecule has 1 N–H and O–H groups in total. The van der Waals surface area contributed by atoms with Gasteiger partial charge in [0.1, 0.15) is 0 Å². The van der Waals surface area contributed by atoms with E-state index in [-0.39, 0.29) is 17.6 Å². The van der Waals surface area contributed by atoms with E-state index in [1.54, 1.807) is 10.8 Å². The van der Waals surface area contributed by atoms with Gasteiger partial charge in [0.25, 0.3) is 10.0 Å². The molecule has 2 rings (SSSR count). The Hall–Kier alpha value is -0.920. The lowest BCUT2D eigenvalue weighted by atomic mass is 10.1. The molecule has 1 aromatic rings. The zero-order valence-electron chi connectivity index (χ0n) is 9.78. The molecule has 7 heteroatoms. The molecule has 17 heavy (non-hydrogen) atoms. The Kier molecular flexibility index (Phi) is 3.50. The molecule has 1 fully saturated rings. The summed E-state index contributed by atoms with van der Waals surface area (Å²) < 4.78 is 27.5. The highest BCUT2D eigenvalue weighted by atomic mass is 32.2. The second-order valence-corrected chi connectivity index (χ2v) is 6.13. The smallest absolute Gasteiger partial charge is 0.262 e. The van der Waals surface area contributed by atoms with Gasteiger partial charge in [0, 0.05) is 32.4 Å². The Bertz CT molecular complexity index is 483. The SMILES string of the molecule is CCn1cnc(S(=O)(=O)N2CCC(CO)C2)c1. The number of nitrogens with zero attached hydrogens (tertiary/aromatic N) is 3. The Labute approximate surface area is 101 Å². The minimum Gasteiger partial charge on any atom is -0.396 e. The van der Waals surface area contributed by atoms with Crippen molar-refractivity contribution < 1.29 is 13.5 Å². The largest absolute Gasteiger partial charge is 0.396 e. The number of imidazole rings is 1. The van der Waals surface area contributed by atoms with Crippen LogP contribution in [0.1, 0.15) is 13.3 Å². The molecule has 1 saturated heterocycles. The lowest BCUT2D eigenvalue weighted by molar-refractivity contribution is 0.233. The standard InChI is InChI=1S/C10H17N3O3S/c1-2-12-6-10(11-8-12)17(15,16)13-4-3-9(5-13)7-14/h6,8-9,14H,2-5,7H2,1H3. The van der Waals surface area contributed by atoms with Crippen molar-refractivity contribution in [3.8, 4) is 0 Å². The first-order chi connectivity index (χ1) is 8.07. The summed E-state index contributed by atoms with van der Waals surface area (Å²) >= 11 is 0. The van der Waals surface area contributed by atoms with Crippen molar-refractivity contribution in [1.29, 1.82) is 0 Å². The van der Waals surface area contributed by atoms with Crippen molar-refractivity contribution in [3.05, 3.63) is 12.5 Å². The molecule has 0 radical (unpaired) electrons. The molecule has 0 amide bonds. The van der Waals surface area contributed by atoms with Crippen molar-refractivity contribution in [1.82, 2.24) is 13.9 Å². The molecule has 2 heterocycles. The molecular weight excluding hydrogens is 242 g/mol. The summed E-state index contributed by atoms with van der Waals surface area (Å²) in [7, 11) is -3.48. The predicted octanol–water partition coefficient (Wildman–Crippen LogP) is -0.0941. The second-order valence-electron chi connectivity index (χ2n) is 4.24. The van der Waals surface area contributed by atoms with Gasteiger partial charge in [-0.1, -0.05) is 0 Å². The number of aliphatic hydroxyl groups is 1. The van der Waals surface area contributed by atoms with Gasteiger partial charge in [-0.3, -0.25) is 0 Å². The Balaban J connectivity index is 2.19. The van der Waals surface area contributed by atoms with E-state index in [0.717, 1.165) is 0 Å². The number of hydrogen-bond donors (Lipinski definition) is 1. The maximum absolute atomic E-state index is 12.2. The number of aromatic nitrogens is 2. The minimum absolute atomic E-state index is 0.0371. The van der Waals surface area contributed by atoms with Crippen molar-refractivity contribution in [3.63, 3.8) is 0 Å². The van der Waals surface area contributed by atoms with E-state index >= 15 is 0 Å². The summed E-state index contributed by atoms with van der Waals surface area (Å²) in [6.45, 7) is 3.51. The van der Waals surface area contributed by atoms with Gasteiger partial charge < -0.3 is 9.67 Å². The summed E-state index contributed by atoms with van der Waals surface area (Å²) in [5.41, 5.74) is 0. The van der Waals surface area contributed by atoms with E-state index in [1.807, 2.05) is 6.92 Å². The Morgan fingerprint density at radius 1 is 1.59 bits per heavy atom. The van der Waals surface area contributed by atoms with Gasteiger partial charge in [-0.2, -0.15) is 4.31 Å². The van der Waals surface area contributed by atoms with Crippen molar-refractivity contribution >= 4 is 10.0 Å². The lowest BCUT2D eigenvalue weighted by Gasteiger charge is -2.14. The average molecular weight is 259 g/mol. The number of aryl methyl sites for hydroxylation is 1. The van der Waals surface area contributed by atoms with Gasteiger partial charge in [0.15, 0.2) is 5.03 Å². The zero-order chi connectivity index (χ0) is 12.5.